The largest absolute Gasteiger partial charge is 0.493 e. The molecule has 0 amide bonds. The number of benzene rings is 3. The number of methoxy groups -OCH3 is 2. The van der Waals surface area contributed by atoms with Gasteiger partial charge in [0, 0.05) is 13.1 Å². The van der Waals surface area contributed by atoms with Gasteiger partial charge in [-0.2, -0.15) is 0 Å². The first-order chi connectivity index (χ1) is 16.1. The van der Waals surface area contributed by atoms with Gasteiger partial charge in [-0.15, -0.1) is 0 Å². The minimum Gasteiger partial charge on any atom is -0.493 e. The number of fused-ring (bicyclic) bond motifs is 3. The molecule has 0 aromatic heterocycles. The summed E-state index contributed by atoms with van der Waals surface area (Å²) < 4.78 is 22.7. The molecular formula is C27H25NO5. The minimum absolute atomic E-state index is 0.141. The van der Waals surface area contributed by atoms with Crippen LogP contribution in [0.15, 0.2) is 60.4 Å². The molecule has 0 atom stereocenters. The van der Waals surface area contributed by atoms with E-state index in [9.17, 15) is 4.79 Å². The number of carbonyl (C=O) groups is 1. The van der Waals surface area contributed by atoms with Crippen LogP contribution in [0.4, 0.5) is 0 Å². The van der Waals surface area contributed by atoms with Gasteiger partial charge in [-0.05, 0) is 48.4 Å². The van der Waals surface area contributed by atoms with E-state index >= 15 is 0 Å². The van der Waals surface area contributed by atoms with Crippen LogP contribution in [0.25, 0.3) is 6.08 Å². The molecule has 3 aromatic rings. The van der Waals surface area contributed by atoms with Crippen LogP contribution in [0.1, 0.15) is 32.6 Å². The summed E-state index contributed by atoms with van der Waals surface area (Å²) in [5, 5.41) is 0. The van der Waals surface area contributed by atoms with Crippen molar-refractivity contribution < 1.29 is 23.7 Å². The molecule has 0 bridgehead atoms. The number of allylic oxidation sites excluding steroid dienone is 1. The van der Waals surface area contributed by atoms with Gasteiger partial charge in [0.05, 0.1) is 25.3 Å². The lowest BCUT2D eigenvalue weighted by Crippen LogP contribution is -2.31. The molecule has 0 spiro atoms. The molecule has 33 heavy (non-hydrogen) atoms. The number of hydrogen-bond acceptors (Lipinski definition) is 6. The summed E-state index contributed by atoms with van der Waals surface area (Å²) in [6, 6.07) is 17.6. The third kappa shape index (κ3) is 4.05. The van der Waals surface area contributed by atoms with Gasteiger partial charge < -0.3 is 18.9 Å². The highest BCUT2D eigenvalue weighted by atomic mass is 16.5. The van der Waals surface area contributed by atoms with Crippen molar-refractivity contribution in [2.24, 2.45) is 0 Å². The van der Waals surface area contributed by atoms with Crippen LogP contribution >= 0.6 is 0 Å². The second-order valence-electron chi connectivity index (χ2n) is 8.22. The van der Waals surface area contributed by atoms with Crippen LogP contribution in [0.2, 0.25) is 0 Å². The third-order valence-electron chi connectivity index (χ3n) is 5.91. The maximum atomic E-state index is 13.1. The van der Waals surface area contributed by atoms with E-state index in [1.165, 1.54) is 11.1 Å². The highest BCUT2D eigenvalue weighted by Crippen LogP contribution is 2.42. The van der Waals surface area contributed by atoms with Gasteiger partial charge in [0.1, 0.15) is 18.2 Å². The van der Waals surface area contributed by atoms with Gasteiger partial charge in [0.15, 0.2) is 17.3 Å². The van der Waals surface area contributed by atoms with Gasteiger partial charge >= 0.3 is 0 Å². The molecule has 0 radical (unpaired) electrons. The average molecular weight is 443 g/mol. The lowest BCUT2D eigenvalue weighted by atomic mass is 10.0. The number of nitrogens with zero attached hydrogens (tertiary/aromatic N) is 1. The Kier molecular flexibility index (Phi) is 5.52. The Hall–Kier alpha value is -3.77. The van der Waals surface area contributed by atoms with Crippen molar-refractivity contribution in [1.82, 2.24) is 4.90 Å². The van der Waals surface area contributed by atoms with Crippen molar-refractivity contribution in [2.75, 3.05) is 21.0 Å². The number of rotatable bonds is 5. The Morgan fingerprint density at radius 2 is 1.79 bits per heavy atom. The molecule has 2 aliphatic rings. The van der Waals surface area contributed by atoms with Crippen LogP contribution in [0.5, 0.6) is 23.0 Å². The van der Waals surface area contributed by atoms with E-state index in [-0.39, 0.29) is 11.5 Å². The van der Waals surface area contributed by atoms with Crippen molar-refractivity contribution in [2.45, 2.75) is 20.0 Å². The predicted octanol–water partition coefficient (Wildman–Crippen LogP) is 4.98. The van der Waals surface area contributed by atoms with Gasteiger partial charge in [0.25, 0.3) is 0 Å². The quantitative estimate of drug-likeness (QED) is 0.519. The molecular weight excluding hydrogens is 418 g/mol. The molecule has 168 valence electrons. The van der Waals surface area contributed by atoms with Crippen LogP contribution in [0, 0.1) is 6.92 Å². The normalized spacial score (nSPS) is 16.1. The van der Waals surface area contributed by atoms with Gasteiger partial charge in [0.2, 0.25) is 5.78 Å². The highest BCUT2D eigenvalue weighted by molar-refractivity contribution is 6.15. The van der Waals surface area contributed by atoms with Crippen LogP contribution in [0.3, 0.4) is 0 Å². The second-order valence-corrected chi connectivity index (χ2v) is 8.22. The number of Topliss-reactive ketones (excluding diaryl/α,β-unsaturated/α-hetero) is 1. The van der Waals surface area contributed by atoms with Crippen molar-refractivity contribution in [3.05, 3.63) is 88.2 Å². The van der Waals surface area contributed by atoms with E-state index in [1.807, 2.05) is 18.2 Å². The summed E-state index contributed by atoms with van der Waals surface area (Å²) in [7, 11) is 3.17. The summed E-state index contributed by atoms with van der Waals surface area (Å²) >= 11 is 0. The van der Waals surface area contributed by atoms with E-state index < -0.39 is 0 Å². The zero-order valence-electron chi connectivity index (χ0n) is 18.9. The van der Waals surface area contributed by atoms with Gasteiger partial charge in [-0.1, -0.05) is 35.9 Å². The van der Waals surface area contributed by atoms with Crippen molar-refractivity contribution in [3.63, 3.8) is 0 Å². The third-order valence-corrected chi connectivity index (χ3v) is 5.91. The van der Waals surface area contributed by atoms with Crippen molar-refractivity contribution in [1.29, 1.82) is 0 Å². The molecule has 3 aromatic carbocycles. The Bertz CT molecular complexity index is 1250. The van der Waals surface area contributed by atoms with Crippen molar-refractivity contribution in [3.8, 4) is 23.0 Å². The number of ketones is 1. The lowest BCUT2D eigenvalue weighted by molar-refractivity contribution is 0.0873. The lowest BCUT2D eigenvalue weighted by Gasteiger charge is -2.29. The smallest absolute Gasteiger partial charge is 0.231 e. The fourth-order valence-electron chi connectivity index (χ4n) is 4.15. The first-order valence-electron chi connectivity index (χ1n) is 10.8. The first-order valence-corrected chi connectivity index (χ1v) is 10.8. The first kappa shape index (κ1) is 21.1. The van der Waals surface area contributed by atoms with Gasteiger partial charge in [-0.3, -0.25) is 9.69 Å². The number of aryl methyl sites for hydroxylation is 1. The van der Waals surface area contributed by atoms with E-state index in [4.69, 9.17) is 18.9 Å². The molecule has 5 rings (SSSR count). The summed E-state index contributed by atoms with van der Waals surface area (Å²) in [5.74, 6) is 2.69. The Balaban J connectivity index is 1.41. The van der Waals surface area contributed by atoms with Crippen molar-refractivity contribution >= 4 is 11.9 Å². The molecule has 6 nitrogen and oxygen atoms in total. The summed E-state index contributed by atoms with van der Waals surface area (Å²) in [4.78, 5) is 15.3. The molecule has 0 saturated carbocycles. The Morgan fingerprint density at radius 3 is 2.55 bits per heavy atom. The van der Waals surface area contributed by atoms with E-state index in [1.54, 1.807) is 32.4 Å². The predicted molar refractivity (Wildman–Crippen MR) is 125 cm³/mol. The molecule has 0 fully saturated rings. The molecule has 0 unspecified atom stereocenters. The maximum Gasteiger partial charge on any atom is 0.231 e. The summed E-state index contributed by atoms with van der Waals surface area (Å²) in [6.07, 6.45) is 1.73. The number of carbonyl (C=O) groups excluding carboxylic acids is 1. The average Bonchev–Trinajstić information content (AvgIpc) is 3.16. The second kappa shape index (κ2) is 8.64. The molecule has 6 heteroatoms. The zero-order chi connectivity index (χ0) is 22.9. The monoisotopic (exact) mass is 443 g/mol. The molecule has 0 N–H and O–H groups in total. The van der Waals surface area contributed by atoms with Gasteiger partial charge in [-0.25, -0.2) is 0 Å². The van der Waals surface area contributed by atoms with Crippen LogP contribution in [-0.2, 0) is 13.1 Å². The molecule has 0 aliphatic carbocycles. The fraction of sp³-hybridized carbons (Fsp3) is 0.222. The standard InChI is InChI=1S/C27H25NO5/c1-17-4-6-18(7-5-17)14-28-15-21-22(32-16-28)11-9-20-26(29)25(33-27(20)21)13-19-8-10-23(30-2)24(12-19)31-3/h4-13H,14-16H2,1-3H3/b25-13-. The molecule has 2 aliphatic heterocycles. The fourth-order valence-corrected chi connectivity index (χ4v) is 4.15. The minimum atomic E-state index is -0.141. The maximum absolute atomic E-state index is 13.1. The van der Waals surface area contributed by atoms with Crippen LogP contribution in [-0.4, -0.2) is 31.6 Å². The molecule has 0 saturated heterocycles. The topological polar surface area (TPSA) is 57.2 Å². The zero-order valence-corrected chi connectivity index (χ0v) is 18.9. The number of hydrogen-bond donors (Lipinski definition) is 0. The van der Waals surface area contributed by atoms with E-state index in [0.717, 1.165) is 23.4 Å². The van der Waals surface area contributed by atoms with E-state index in [0.29, 0.717) is 36.1 Å². The Labute approximate surface area is 193 Å². The SMILES string of the molecule is COc1ccc(/C=C2\Oc3c(ccc4c3CN(Cc3ccc(C)cc3)CO4)C2=O)cc1OC. The highest BCUT2D eigenvalue weighted by Gasteiger charge is 2.33. The van der Waals surface area contributed by atoms with E-state index in [2.05, 4.69) is 36.1 Å². The van der Waals surface area contributed by atoms with Crippen LogP contribution < -0.4 is 18.9 Å². The summed E-state index contributed by atoms with van der Waals surface area (Å²) in [5.41, 5.74) is 4.69. The Morgan fingerprint density at radius 1 is 1.00 bits per heavy atom. The molecule has 2 heterocycles. The summed E-state index contributed by atoms with van der Waals surface area (Å²) in [6.45, 7) is 3.96. The number of ether oxygens (including phenoxy) is 4.